The Hall–Kier alpha value is -1.62. The molecular weight excluding hydrogens is 268 g/mol. The third-order valence-corrected chi connectivity index (χ3v) is 4.29. The van der Waals surface area contributed by atoms with Crippen molar-refractivity contribution >= 4 is 5.91 Å². The molecule has 3 heterocycles. The van der Waals surface area contributed by atoms with Crippen LogP contribution < -0.4 is 4.74 Å². The molecule has 5 heteroatoms. The maximum absolute atomic E-state index is 11.9. The number of nitrogens with zero attached hydrogens (tertiary/aromatic N) is 2. The molecule has 3 rings (SSSR count). The summed E-state index contributed by atoms with van der Waals surface area (Å²) in [5.74, 6) is 0.854. The number of hydrogen-bond donors (Lipinski definition) is 0. The van der Waals surface area contributed by atoms with E-state index in [-0.39, 0.29) is 17.6 Å². The van der Waals surface area contributed by atoms with Crippen molar-refractivity contribution < 1.29 is 14.3 Å². The van der Waals surface area contributed by atoms with Gasteiger partial charge in [-0.1, -0.05) is 13.0 Å². The van der Waals surface area contributed by atoms with Gasteiger partial charge in [0, 0.05) is 38.2 Å². The molecule has 1 amide bonds. The standard InChI is InChI=1S/C16H22N2O3/c1-2-15(19)18-9-5-7-16(12-18)10-13(11-20-16)21-14-6-3-4-8-17-14/h3-4,6,8,13H,2,5,7,9-12H2,1H3/t13-,16+/m1/s1. The van der Waals surface area contributed by atoms with Crippen LogP contribution in [0.4, 0.5) is 0 Å². The third kappa shape index (κ3) is 3.18. The monoisotopic (exact) mass is 290 g/mol. The lowest BCUT2D eigenvalue weighted by Gasteiger charge is -2.39. The zero-order valence-electron chi connectivity index (χ0n) is 12.5. The first-order valence-corrected chi connectivity index (χ1v) is 7.70. The zero-order valence-corrected chi connectivity index (χ0v) is 12.5. The molecular formula is C16H22N2O3. The van der Waals surface area contributed by atoms with Gasteiger partial charge in [-0.3, -0.25) is 4.79 Å². The van der Waals surface area contributed by atoms with Crippen LogP contribution in [0.15, 0.2) is 24.4 Å². The number of carbonyl (C=O) groups is 1. The summed E-state index contributed by atoms with van der Waals surface area (Å²) in [6.07, 6.45) is 5.14. The summed E-state index contributed by atoms with van der Waals surface area (Å²) in [6, 6.07) is 5.64. The molecule has 2 aliphatic heterocycles. The highest BCUT2D eigenvalue weighted by Crippen LogP contribution is 2.36. The van der Waals surface area contributed by atoms with Crippen LogP contribution in [0.2, 0.25) is 0 Å². The first kappa shape index (κ1) is 14.3. The van der Waals surface area contributed by atoms with E-state index in [9.17, 15) is 4.79 Å². The summed E-state index contributed by atoms with van der Waals surface area (Å²) in [4.78, 5) is 18.0. The molecule has 2 atom stereocenters. The Morgan fingerprint density at radius 1 is 1.57 bits per heavy atom. The van der Waals surface area contributed by atoms with Crippen LogP contribution in [0.3, 0.4) is 0 Å². The molecule has 114 valence electrons. The van der Waals surface area contributed by atoms with Gasteiger partial charge in [0.25, 0.3) is 0 Å². The summed E-state index contributed by atoms with van der Waals surface area (Å²) < 4.78 is 11.9. The van der Waals surface area contributed by atoms with Gasteiger partial charge in [-0.05, 0) is 18.9 Å². The minimum Gasteiger partial charge on any atom is -0.472 e. The molecule has 0 unspecified atom stereocenters. The predicted octanol–water partition coefficient (Wildman–Crippen LogP) is 2.02. The first-order chi connectivity index (χ1) is 10.2. The number of rotatable bonds is 3. The van der Waals surface area contributed by atoms with Crippen molar-refractivity contribution in [1.82, 2.24) is 9.88 Å². The van der Waals surface area contributed by atoms with Crippen LogP contribution in [-0.2, 0) is 9.53 Å². The van der Waals surface area contributed by atoms with E-state index in [0.717, 1.165) is 25.8 Å². The van der Waals surface area contributed by atoms with Crippen molar-refractivity contribution in [1.29, 1.82) is 0 Å². The molecule has 0 bridgehead atoms. The lowest BCUT2D eigenvalue weighted by atomic mass is 9.89. The smallest absolute Gasteiger partial charge is 0.222 e. The second-order valence-electron chi connectivity index (χ2n) is 5.88. The minimum atomic E-state index is -0.220. The van der Waals surface area contributed by atoms with E-state index in [1.807, 2.05) is 30.0 Å². The molecule has 5 nitrogen and oxygen atoms in total. The van der Waals surface area contributed by atoms with Crippen molar-refractivity contribution in [2.24, 2.45) is 0 Å². The fourth-order valence-corrected chi connectivity index (χ4v) is 3.28. The van der Waals surface area contributed by atoms with Gasteiger partial charge in [0.2, 0.25) is 11.8 Å². The van der Waals surface area contributed by atoms with E-state index in [4.69, 9.17) is 9.47 Å². The summed E-state index contributed by atoms with van der Waals surface area (Å²) in [6.45, 7) is 4.03. The Kier molecular flexibility index (Phi) is 4.10. The first-order valence-electron chi connectivity index (χ1n) is 7.70. The minimum absolute atomic E-state index is 0.0246. The molecule has 0 radical (unpaired) electrons. The number of piperidine rings is 1. The van der Waals surface area contributed by atoms with Gasteiger partial charge in [0.05, 0.1) is 12.2 Å². The molecule has 0 aromatic carbocycles. The van der Waals surface area contributed by atoms with Crippen LogP contribution in [0.5, 0.6) is 5.88 Å². The molecule has 21 heavy (non-hydrogen) atoms. The average molecular weight is 290 g/mol. The summed E-state index contributed by atoms with van der Waals surface area (Å²) in [5.41, 5.74) is -0.220. The number of pyridine rings is 1. The second-order valence-corrected chi connectivity index (χ2v) is 5.88. The van der Waals surface area contributed by atoms with E-state index < -0.39 is 0 Å². The molecule has 2 aliphatic rings. The lowest BCUT2D eigenvalue weighted by molar-refractivity contribution is -0.138. The number of likely N-dealkylation sites (tertiary alicyclic amines) is 1. The Morgan fingerprint density at radius 2 is 2.48 bits per heavy atom. The van der Waals surface area contributed by atoms with Gasteiger partial charge >= 0.3 is 0 Å². The van der Waals surface area contributed by atoms with E-state index >= 15 is 0 Å². The van der Waals surface area contributed by atoms with Crippen LogP contribution in [0.25, 0.3) is 0 Å². The van der Waals surface area contributed by atoms with Crippen molar-refractivity contribution in [3.05, 3.63) is 24.4 Å². The maximum atomic E-state index is 11.9. The van der Waals surface area contributed by atoms with E-state index in [1.54, 1.807) is 6.20 Å². The van der Waals surface area contributed by atoms with Gasteiger partial charge in [0.15, 0.2) is 0 Å². The average Bonchev–Trinajstić information content (AvgIpc) is 2.89. The van der Waals surface area contributed by atoms with Crippen LogP contribution in [0, 0.1) is 0 Å². The highest BCUT2D eigenvalue weighted by Gasteiger charge is 2.45. The SMILES string of the molecule is CCC(=O)N1CCC[C@]2(C[C@@H](Oc3ccccn3)CO2)C1. The topological polar surface area (TPSA) is 51.7 Å². The molecule has 0 aliphatic carbocycles. The number of aromatic nitrogens is 1. The quantitative estimate of drug-likeness (QED) is 0.854. The van der Waals surface area contributed by atoms with Gasteiger partial charge in [-0.15, -0.1) is 0 Å². The Bertz CT molecular complexity index is 494. The Morgan fingerprint density at radius 3 is 3.24 bits per heavy atom. The summed E-state index contributed by atoms with van der Waals surface area (Å²) in [5, 5.41) is 0. The van der Waals surface area contributed by atoms with E-state index in [2.05, 4.69) is 4.98 Å². The van der Waals surface area contributed by atoms with E-state index in [1.165, 1.54) is 0 Å². The van der Waals surface area contributed by atoms with Crippen molar-refractivity contribution in [2.45, 2.75) is 44.3 Å². The van der Waals surface area contributed by atoms with Crippen molar-refractivity contribution in [2.75, 3.05) is 19.7 Å². The van der Waals surface area contributed by atoms with Crippen LogP contribution in [-0.4, -0.2) is 47.2 Å². The zero-order chi connectivity index (χ0) is 14.7. The van der Waals surface area contributed by atoms with E-state index in [0.29, 0.717) is 25.5 Å². The molecule has 0 saturated carbocycles. The van der Waals surface area contributed by atoms with Crippen molar-refractivity contribution in [3.63, 3.8) is 0 Å². The summed E-state index contributed by atoms with van der Waals surface area (Å²) in [7, 11) is 0. The number of amides is 1. The Balaban J connectivity index is 1.61. The van der Waals surface area contributed by atoms with Crippen LogP contribution in [0.1, 0.15) is 32.6 Å². The molecule has 2 saturated heterocycles. The van der Waals surface area contributed by atoms with Crippen molar-refractivity contribution in [3.8, 4) is 5.88 Å². The lowest BCUT2D eigenvalue weighted by Crippen LogP contribution is -2.50. The van der Waals surface area contributed by atoms with Crippen LogP contribution >= 0.6 is 0 Å². The molecule has 2 fully saturated rings. The molecule has 1 aromatic heterocycles. The maximum Gasteiger partial charge on any atom is 0.222 e. The number of hydrogen-bond acceptors (Lipinski definition) is 4. The largest absolute Gasteiger partial charge is 0.472 e. The fourth-order valence-electron chi connectivity index (χ4n) is 3.28. The highest BCUT2D eigenvalue weighted by atomic mass is 16.6. The molecule has 0 N–H and O–H groups in total. The predicted molar refractivity (Wildman–Crippen MR) is 78.1 cm³/mol. The second kappa shape index (κ2) is 6.02. The van der Waals surface area contributed by atoms with Gasteiger partial charge in [-0.2, -0.15) is 0 Å². The molecule has 1 aromatic rings. The van der Waals surface area contributed by atoms with Gasteiger partial charge < -0.3 is 14.4 Å². The number of carbonyl (C=O) groups excluding carboxylic acids is 1. The third-order valence-electron chi connectivity index (χ3n) is 4.29. The van der Waals surface area contributed by atoms with Gasteiger partial charge in [0.1, 0.15) is 6.10 Å². The number of ether oxygens (including phenoxy) is 2. The normalized spacial score (nSPS) is 28.8. The Labute approximate surface area is 125 Å². The van der Waals surface area contributed by atoms with Gasteiger partial charge in [-0.25, -0.2) is 4.98 Å². The fraction of sp³-hybridized carbons (Fsp3) is 0.625. The summed E-state index contributed by atoms with van der Waals surface area (Å²) >= 11 is 0. The molecule has 1 spiro atoms. The highest BCUT2D eigenvalue weighted by molar-refractivity contribution is 5.76.